The van der Waals surface area contributed by atoms with Gasteiger partial charge in [-0.15, -0.1) is 0 Å². The summed E-state index contributed by atoms with van der Waals surface area (Å²) in [4.78, 5) is 10.6. The molecule has 0 N–H and O–H groups in total. The van der Waals surface area contributed by atoms with E-state index in [9.17, 15) is 0 Å². The van der Waals surface area contributed by atoms with Crippen LogP contribution in [0.4, 0.5) is 5.95 Å². The molecule has 0 saturated carbocycles. The smallest absolute Gasteiger partial charge is 0.497 e. The first-order valence-electron chi connectivity index (χ1n) is 6.22. The average Bonchev–Trinajstić information content (AvgIpc) is 2.46. The van der Waals surface area contributed by atoms with Crippen molar-refractivity contribution in [3.05, 3.63) is 29.9 Å². The van der Waals surface area contributed by atoms with Gasteiger partial charge in [-0.3, -0.25) is 0 Å². The fourth-order valence-electron chi connectivity index (χ4n) is 1.60. The molecular weight excluding hydrogens is 256 g/mol. The van der Waals surface area contributed by atoms with E-state index < -0.39 is 0 Å². The number of hydrogen-bond acceptors (Lipinski definition) is 5. The van der Waals surface area contributed by atoms with Crippen LogP contribution < -0.4 is 19.9 Å². The van der Waals surface area contributed by atoms with Crippen LogP contribution in [0.3, 0.4) is 0 Å². The first-order valence-corrected chi connectivity index (χ1v) is 6.22. The Morgan fingerprint density at radius 2 is 1.95 bits per heavy atom. The molecule has 1 heterocycles. The number of rotatable bonds is 3. The number of hydrogen-bond donors (Lipinski definition) is 0. The van der Waals surface area contributed by atoms with E-state index in [1.807, 2.05) is 57.4 Å². The molecule has 1 aromatic carbocycles. The summed E-state index contributed by atoms with van der Waals surface area (Å²) in [5, 5.41) is 0. The number of nitrogens with zero attached hydrogens (tertiary/aromatic N) is 4. The van der Waals surface area contributed by atoms with Crippen molar-refractivity contribution >= 4 is 5.95 Å². The number of ether oxygens (including phenoxy) is 1. The predicted molar refractivity (Wildman–Crippen MR) is 77.7 cm³/mol. The van der Waals surface area contributed by atoms with Crippen molar-refractivity contribution in [2.45, 2.75) is 0 Å². The molecule has 0 aliphatic heterocycles. The number of benzene rings is 1. The van der Waals surface area contributed by atoms with Gasteiger partial charge in [0.2, 0.25) is 5.89 Å². The minimum Gasteiger partial charge on any atom is -0.497 e. The van der Waals surface area contributed by atoms with Gasteiger partial charge in [-0.05, 0) is 18.2 Å². The van der Waals surface area contributed by atoms with Crippen LogP contribution in [0.5, 0.6) is 5.75 Å². The molecule has 20 heavy (non-hydrogen) atoms. The molecule has 0 spiro atoms. The highest BCUT2D eigenvalue weighted by Crippen LogP contribution is 2.21. The van der Waals surface area contributed by atoms with Crippen molar-refractivity contribution in [2.24, 2.45) is 0 Å². The van der Waals surface area contributed by atoms with E-state index in [4.69, 9.17) is 9.15 Å². The van der Waals surface area contributed by atoms with Crippen molar-refractivity contribution in [1.29, 1.82) is 0 Å². The minimum atomic E-state index is 0.501. The lowest BCUT2D eigenvalue weighted by Crippen LogP contribution is -2.28. The molecule has 0 fully saturated rings. The number of anilines is 1. The summed E-state index contributed by atoms with van der Waals surface area (Å²) in [7, 11) is 9.17. The molecule has 0 bridgehead atoms. The van der Waals surface area contributed by atoms with Crippen LogP contribution in [-0.2, 0) is 0 Å². The van der Waals surface area contributed by atoms with Gasteiger partial charge in [-0.1, -0.05) is 6.07 Å². The van der Waals surface area contributed by atoms with Crippen molar-refractivity contribution in [1.82, 2.24) is 14.5 Å². The van der Waals surface area contributed by atoms with Gasteiger partial charge in [0.05, 0.1) is 21.2 Å². The minimum absolute atomic E-state index is 0.501. The van der Waals surface area contributed by atoms with Gasteiger partial charge in [0.1, 0.15) is 5.75 Å². The summed E-state index contributed by atoms with van der Waals surface area (Å²) in [6.07, 6.45) is 0. The third-order valence-electron chi connectivity index (χ3n) is 2.68. The molecule has 6 nitrogen and oxygen atoms in total. The second-order valence-corrected chi connectivity index (χ2v) is 4.73. The molecule has 0 saturated heterocycles. The van der Waals surface area contributed by atoms with E-state index in [2.05, 4.69) is 9.97 Å². The Morgan fingerprint density at radius 1 is 1.20 bits per heavy atom. The lowest BCUT2D eigenvalue weighted by molar-refractivity contribution is 0.412. The van der Waals surface area contributed by atoms with Gasteiger partial charge in [0.15, 0.2) is 0 Å². The average molecular weight is 275 g/mol. The topological polar surface area (TPSA) is 54.4 Å². The van der Waals surface area contributed by atoms with Crippen LogP contribution in [0, 0.1) is 0 Å². The van der Waals surface area contributed by atoms with E-state index in [0.717, 1.165) is 11.3 Å². The Labute approximate surface area is 118 Å². The second-order valence-electron chi connectivity index (χ2n) is 4.73. The van der Waals surface area contributed by atoms with Gasteiger partial charge in [-0.2, -0.15) is 4.98 Å². The van der Waals surface area contributed by atoms with Crippen LogP contribution in [-0.4, -0.2) is 45.3 Å². The first-order chi connectivity index (χ1) is 9.51. The standard InChI is InChI=1S/C14H19N4O2/c1-17(2)13-15-12(20-14(16-13)18(3)4)10-7-6-8-11(9-10)19-5/h6-9H,1-5H3/q+1. The Hall–Kier alpha value is -2.37. The molecule has 0 radical (unpaired) electrons. The fourth-order valence-corrected chi connectivity index (χ4v) is 1.60. The molecule has 2 aromatic rings. The van der Waals surface area contributed by atoms with Crippen molar-refractivity contribution in [3.8, 4) is 17.2 Å². The van der Waals surface area contributed by atoms with Gasteiger partial charge in [0, 0.05) is 24.6 Å². The monoisotopic (exact) mass is 275 g/mol. The number of aromatic nitrogens is 2. The fraction of sp³-hybridized carbons (Fsp3) is 0.357. The van der Waals surface area contributed by atoms with Crippen LogP contribution in [0.2, 0.25) is 0 Å². The van der Waals surface area contributed by atoms with E-state index in [-0.39, 0.29) is 0 Å². The molecular formula is C14H19N4O2+. The molecule has 0 amide bonds. The maximum atomic E-state index is 5.74. The zero-order valence-electron chi connectivity index (χ0n) is 12.4. The second kappa shape index (κ2) is 5.73. The van der Waals surface area contributed by atoms with Gasteiger partial charge in [-0.25, -0.2) is 4.58 Å². The Morgan fingerprint density at radius 3 is 2.55 bits per heavy atom. The van der Waals surface area contributed by atoms with E-state index in [0.29, 0.717) is 17.5 Å². The Balaban J connectivity index is 2.64. The van der Waals surface area contributed by atoms with Crippen LogP contribution in [0.25, 0.3) is 11.5 Å². The quantitative estimate of drug-likeness (QED) is 0.777. The van der Waals surface area contributed by atoms with Crippen molar-refractivity contribution < 1.29 is 9.15 Å². The molecule has 0 atom stereocenters. The molecule has 106 valence electrons. The van der Waals surface area contributed by atoms with E-state index >= 15 is 0 Å². The third kappa shape index (κ3) is 2.96. The summed E-state index contributed by atoms with van der Waals surface area (Å²) in [5.74, 6) is 1.86. The number of methoxy groups -OCH3 is 1. The Kier molecular flexibility index (Phi) is 4.02. The SMILES string of the molecule is COc1cccc(-c2nc(N(C)C)nc(=[N+](C)C)o2)c1. The first kappa shape index (κ1) is 14.0. The zero-order chi connectivity index (χ0) is 14.7. The highest BCUT2D eigenvalue weighted by atomic mass is 16.5. The summed E-state index contributed by atoms with van der Waals surface area (Å²) < 4.78 is 12.8. The molecule has 2 rings (SSSR count). The van der Waals surface area contributed by atoms with Crippen LogP contribution >= 0.6 is 0 Å². The normalized spacial score (nSPS) is 10.2. The van der Waals surface area contributed by atoms with Crippen molar-refractivity contribution in [3.63, 3.8) is 0 Å². The largest absolute Gasteiger partial charge is 0.503 e. The van der Waals surface area contributed by atoms with Gasteiger partial charge < -0.3 is 14.1 Å². The molecule has 0 aliphatic carbocycles. The van der Waals surface area contributed by atoms with Gasteiger partial charge in [0.25, 0.3) is 0 Å². The highest BCUT2D eigenvalue weighted by molar-refractivity contribution is 5.56. The third-order valence-corrected chi connectivity index (χ3v) is 2.68. The molecule has 0 unspecified atom stereocenters. The maximum Gasteiger partial charge on any atom is 0.503 e. The van der Waals surface area contributed by atoms with Crippen molar-refractivity contribution in [2.75, 3.05) is 40.2 Å². The summed E-state index contributed by atoms with van der Waals surface area (Å²) in [6, 6.07) is 7.58. The van der Waals surface area contributed by atoms with E-state index in [1.54, 1.807) is 11.7 Å². The lowest BCUT2D eigenvalue weighted by Gasteiger charge is -2.06. The lowest BCUT2D eigenvalue weighted by atomic mass is 10.2. The zero-order valence-corrected chi connectivity index (χ0v) is 12.4. The molecule has 6 heteroatoms. The summed E-state index contributed by atoms with van der Waals surface area (Å²) in [6.45, 7) is 0. The van der Waals surface area contributed by atoms with Gasteiger partial charge >= 0.3 is 11.6 Å². The molecule has 0 aliphatic rings. The maximum absolute atomic E-state index is 5.74. The van der Waals surface area contributed by atoms with Crippen LogP contribution in [0.15, 0.2) is 28.7 Å². The van der Waals surface area contributed by atoms with E-state index in [1.165, 1.54) is 0 Å². The summed E-state index contributed by atoms with van der Waals surface area (Å²) >= 11 is 0. The summed E-state index contributed by atoms with van der Waals surface area (Å²) in [5.41, 5.74) is 1.35. The Bertz CT molecular complexity index is 673. The predicted octanol–water partition coefficient (Wildman–Crippen LogP) is 0.843. The van der Waals surface area contributed by atoms with Crippen LogP contribution in [0.1, 0.15) is 0 Å². The highest BCUT2D eigenvalue weighted by Gasteiger charge is 2.15. The molecule has 1 aromatic heterocycles.